The van der Waals surface area contributed by atoms with Gasteiger partial charge in [-0.3, -0.25) is 0 Å². The molecule has 0 bridgehead atoms. The van der Waals surface area contributed by atoms with E-state index in [0.717, 1.165) is 5.56 Å². The van der Waals surface area contributed by atoms with E-state index in [9.17, 15) is 13.2 Å². The lowest BCUT2D eigenvalue weighted by Crippen LogP contribution is -2.54. The molecule has 1 aromatic rings. The molecule has 0 saturated carbocycles. The number of amides is 2. The average Bonchev–Trinajstić information content (AvgIpc) is 2.71. The molecule has 1 heterocycles. The van der Waals surface area contributed by atoms with Crippen molar-refractivity contribution in [3.8, 4) is 0 Å². The Morgan fingerprint density at radius 1 is 1.29 bits per heavy atom. The Balaban J connectivity index is 2.26. The number of carbonyl (C=O) groups excluding carboxylic acids is 1. The molecule has 0 unspecified atom stereocenters. The third-order valence-electron chi connectivity index (χ3n) is 3.33. The van der Waals surface area contributed by atoms with Crippen LogP contribution in [0.4, 0.5) is 4.79 Å². The summed E-state index contributed by atoms with van der Waals surface area (Å²) >= 11 is 0. The number of benzene rings is 1. The molecule has 1 aromatic carbocycles. The molecule has 0 radical (unpaired) electrons. The van der Waals surface area contributed by atoms with Crippen LogP contribution in [-0.4, -0.2) is 25.0 Å². The van der Waals surface area contributed by atoms with Crippen LogP contribution in [0.3, 0.4) is 0 Å². The number of aryl methyl sites for hydroxylation is 2. The van der Waals surface area contributed by atoms with E-state index in [2.05, 4.69) is 10.1 Å². The van der Waals surface area contributed by atoms with Gasteiger partial charge in [0.15, 0.2) is 0 Å². The van der Waals surface area contributed by atoms with Crippen LogP contribution in [0.15, 0.2) is 35.4 Å². The van der Waals surface area contributed by atoms with E-state index in [0.29, 0.717) is 5.56 Å². The summed E-state index contributed by atoms with van der Waals surface area (Å²) in [6, 6.07) is 4.37. The first-order valence-electron chi connectivity index (χ1n) is 6.52. The Bertz CT molecular complexity index is 708. The number of hydrazine groups is 1. The topological polar surface area (TPSA) is 78.5 Å². The molecule has 0 aliphatic carbocycles. The molecular formula is C14H19N3O3S. The predicted molar refractivity (Wildman–Crippen MR) is 79.8 cm³/mol. The van der Waals surface area contributed by atoms with Crippen LogP contribution in [-0.2, 0) is 10.0 Å². The van der Waals surface area contributed by atoms with E-state index >= 15 is 0 Å². The lowest BCUT2D eigenvalue weighted by molar-refractivity contribution is 0.152. The molecule has 0 atom stereocenters. The number of nitrogens with zero attached hydrogens (tertiary/aromatic N) is 1. The number of urea groups is 1. The molecule has 0 fully saturated rings. The largest absolute Gasteiger partial charge is 0.350 e. The highest BCUT2D eigenvalue weighted by Crippen LogP contribution is 2.20. The summed E-state index contributed by atoms with van der Waals surface area (Å²) in [6.07, 6.45) is 3.38. The van der Waals surface area contributed by atoms with Crippen LogP contribution in [0.25, 0.3) is 0 Å². The first-order chi connectivity index (χ1) is 9.63. The molecule has 0 aromatic heterocycles. The number of hydrogen-bond donors (Lipinski definition) is 2. The van der Waals surface area contributed by atoms with E-state index < -0.39 is 21.6 Å². The zero-order valence-electron chi connectivity index (χ0n) is 12.5. The molecule has 1 aliphatic heterocycles. The normalized spacial score (nSPS) is 16.7. The molecule has 0 saturated heterocycles. The molecule has 0 spiro atoms. The van der Waals surface area contributed by atoms with Crippen LogP contribution in [0.1, 0.15) is 25.0 Å². The summed E-state index contributed by atoms with van der Waals surface area (Å²) in [6.45, 7) is 7.09. The fourth-order valence-electron chi connectivity index (χ4n) is 2.09. The maximum atomic E-state index is 12.4. The van der Waals surface area contributed by atoms with Crippen LogP contribution < -0.4 is 10.1 Å². The van der Waals surface area contributed by atoms with Gasteiger partial charge in [-0.25, -0.2) is 22.9 Å². The van der Waals surface area contributed by atoms with Crippen LogP contribution >= 0.6 is 0 Å². The molecule has 2 amide bonds. The summed E-state index contributed by atoms with van der Waals surface area (Å²) < 4.78 is 26.8. The second-order valence-corrected chi connectivity index (χ2v) is 7.28. The highest BCUT2D eigenvalue weighted by atomic mass is 32.2. The van der Waals surface area contributed by atoms with E-state index in [1.54, 1.807) is 52.1 Å². The average molecular weight is 309 g/mol. The van der Waals surface area contributed by atoms with Gasteiger partial charge in [0, 0.05) is 6.20 Å². The summed E-state index contributed by atoms with van der Waals surface area (Å²) in [5.74, 6) is 0. The smallest absolute Gasteiger partial charge is 0.301 e. The molecule has 1 aliphatic rings. The van der Waals surface area contributed by atoms with Gasteiger partial charge in [-0.15, -0.1) is 0 Å². The molecule has 114 valence electrons. The molecule has 2 N–H and O–H groups in total. The van der Waals surface area contributed by atoms with Crippen molar-refractivity contribution in [1.29, 1.82) is 0 Å². The second kappa shape index (κ2) is 5.07. The number of rotatable bonds is 2. The van der Waals surface area contributed by atoms with Crippen LogP contribution in [0, 0.1) is 13.8 Å². The SMILES string of the molecule is Cc1ccc(C)c(S(=O)(=O)NC(=O)N2NC=CC2(C)C)c1. The van der Waals surface area contributed by atoms with E-state index in [-0.39, 0.29) is 4.90 Å². The standard InChI is InChI=1S/C14H19N3O3S/c1-10-5-6-11(2)12(9-10)21(19,20)16-13(18)17-14(3,4)7-8-15-17/h5-9,15H,1-4H3,(H,16,18). The zero-order valence-corrected chi connectivity index (χ0v) is 13.3. The number of sulfonamides is 1. The highest BCUT2D eigenvalue weighted by Gasteiger charge is 2.34. The maximum Gasteiger partial charge on any atom is 0.350 e. The lowest BCUT2D eigenvalue weighted by Gasteiger charge is -2.30. The van der Waals surface area contributed by atoms with Crippen LogP contribution in [0.2, 0.25) is 0 Å². The number of nitrogens with one attached hydrogen (secondary N) is 2. The summed E-state index contributed by atoms with van der Waals surface area (Å²) in [5.41, 5.74) is 3.53. The van der Waals surface area contributed by atoms with E-state index in [1.807, 2.05) is 6.07 Å². The fraction of sp³-hybridized carbons (Fsp3) is 0.357. The Kier molecular flexibility index (Phi) is 3.71. The van der Waals surface area contributed by atoms with Crippen molar-refractivity contribution < 1.29 is 13.2 Å². The molecule has 6 nitrogen and oxygen atoms in total. The summed E-state index contributed by atoms with van der Waals surface area (Å²) in [5, 5.41) is 1.23. The van der Waals surface area contributed by atoms with Crippen molar-refractivity contribution in [2.45, 2.75) is 38.1 Å². The minimum atomic E-state index is -3.91. The van der Waals surface area contributed by atoms with Gasteiger partial charge >= 0.3 is 6.03 Å². The predicted octanol–water partition coefficient (Wildman–Crippen LogP) is 1.81. The monoisotopic (exact) mass is 309 g/mol. The van der Waals surface area contributed by atoms with Gasteiger partial charge in [0.05, 0.1) is 10.4 Å². The quantitative estimate of drug-likeness (QED) is 0.873. The fourth-order valence-corrected chi connectivity index (χ4v) is 3.35. The minimum Gasteiger partial charge on any atom is -0.301 e. The number of hydrogen-bond acceptors (Lipinski definition) is 4. The molecule has 21 heavy (non-hydrogen) atoms. The van der Waals surface area contributed by atoms with Gasteiger partial charge in [0.2, 0.25) is 0 Å². The molecule has 2 rings (SSSR count). The summed E-state index contributed by atoms with van der Waals surface area (Å²) in [7, 11) is -3.91. The van der Waals surface area contributed by atoms with Gasteiger partial charge in [-0.05, 0) is 51.0 Å². The first-order valence-corrected chi connectivity index (χ1v) is 8.00. The van der Waals surface area contributed by atoms with Crippen molar-refractivity contribution in [2.24, 2.45) is 0 Å². The molecular weight excluding hydrogens is 290 g/mol. The van der Waals surface area contributed by atoms with Crippen molar-refractivity contribution in [3.05, 3.63) is 41.6 Å². The van der Waals surface area contributed by atoms with E-state index in [4.69, 9.17) is 0 Å². The lowest BCUT2D eigenvalue weighted by atomic mass is 10.1. The van der Waals surface area contributed by atoms with Gasteiger partial charge in [0.25, 0.3) is 10.0 Å². The Hall–Kier alpha value is -2.02. The maximum absolute atomic E-state index is 12.4. The Morgan fingerprint density at radius 3 is 2.52 bits per heavy atom. The Labute approximate surface area is 124 Å². The van der Waals surface area contributed by atoms with Crippen LogP contribution in [0.5, 0.6) is 0 Å². The van der Waals surface area contributed by atoms with Crippen molar-refractivity contribution in [2.75, 3.05) is 0 Å². The minimum absolute atomic E-state index is 0.112. The molecule has 7 heteroatoms. The third kappa shape index (κ3) is 3.02. The number of carbonyl (C=O) groups is 1. The van der Waals surface area contributed by atoms with Gasteiger partial charge in [0.1, 0.15) is 0 Å². The van der Waals surface area contributed by atoms with E-state index in [1.165, 1.54) is 5.01 Å². The van der Waals surface area contributed by atoms with Crippen molar-refractivity contribution in [3.63, 3.8) is 0 Å². The summed E-state index contributed by atoms with van der Waals surface area (Å²) in [4.78, 5) is 12.3. The third-order valence-corrected chi connectivity index (χ3v) is 4.79. The first kappa shape index (κ1) is 15.4. The van der Waals surface area contributed by atoms with Gasteiger partial charge < -0.3 is 5.43 Å². The zero-order chi connectivity index (χ0) is 15.8. The highest BCUT2D eigenvalue weighted by molar-refractivity contribution is 7.90. The van der Waals surface area contributed by atoms with Gasteiger partial charge in [-0.2, -0.15) is 0 Å². The van der Waals surface area contributed by atoms with Crippen molar-refractivity contribution >= 4 is 16.1 Å². The second-order valence-electron chi connectivity index (χ2n) is 5.63. The van der Waals surface area contributed by atoms with Crippen molar-refractivity contribution in [1.82, 2.24) is 15.2 Å². The van der Waals surface area contributed by atoms with Gasteiger partial charge in [-0.1, -0.05) is 12.1 Å². The Morgan fingerprint density at radius 2 is 1.95 bits per heavy atom.